The molecule has 1 saturated carbocycles. The molecule has 0 radical (unpaired) electrons. The van der Waals surface area contributed by atoms with Crippen molar-refractivity contribution < 1.29 is 0 Å². The first-order valence-corrected chi connectivity index (χ1v) is 8.88. The standard InChI is InChI=1S/C15H22ClN3OS/c1-3-9-19-14(20)13(16)12(10-18-19)17-11-15(21-2)7-5-4-6-8-15/h3,10,17H,1,4-9,11H2,2H3. The molecule has 0 spiro atoms. The largest absolute Gasteiger partial charge is 0.381 e. The number of halogens is 1. The Hall–Kier alpha value is -0.940. The maximum Gasteiger partial charge on any atom is 0.287 e. The van der Waals surface area contributed by atoms with E-state index in [1.807, 2.05) is 11.8 Å². The Kier molecular flexibility index (Phi) is 5.76. The van der Waals surface area contributed by atoms with E-state index in [-0.39, 0.29) is 15.3 Å². The Labute approximate surface area is 135 Å². The van der Waals surface area contributed by atoms with Gasteiger partial charge in [-0.3, -0.25) is 4.79 Å². The molecular formula is C15H22ClN3OS. The molecule has 0 atom stereocenters. The monoisotopic (exact) mass is 327 g/mol. The molecule has 1 aliphatic rings. The van der Waals surface area contributed by atoms with Crippen LogP contribution in [-0.2, 0) is 6.54 Å². The van der Waals surface area contributed by atoms with Crippen molar-refractivity contribution in [2.24, 2.45) is 0 Å². The van der Waals surface area contributed by atoms with Crippen LogP contribution in [0.15, 0.2) is 23.6 Å². The van der Waals surface area contributed by atoms with Crippen LogP contribution in [0.2, 0.25) is 5.02 Å². The summed E-state index contributed by atoms with van der Waals surface area (Å²) in [4.78, 5) is 12.1. The predicted octanol–water partition coefficient (Wildman–Crippen LogP) is 3.56. The van der Waals surface area contributed by atoms with E-state index in [1.54, 1.807) is 12.3 Å². The number of aromatic nitrogens is 2. The molecule has 1 heterocycles. The van der Waals surface area contributed by atoms with Crippen LogP contribution in [0.4, 0.5) is 5.69 Å². The quantitative estimate of drug-likeness (QED) is 0.811. The van der Waals surface area contributed by atoms with E-state index < -0.39 is 0 Å². The lowest BCUT2D eigenvalue weighted by Gasteiger charge is -2.36. The highest BCUT2D eigenvalue weighted by Crippen LogP contribution is 2.38. The van der Waals surface area contributed by atoms with Gasteiger partial charge in [-0.2, -0.15) is 16.9 Å². The van der Waals surface area contributed by atoms with Crippen molar-refractivity contribution in [3.8, 4) is 0 Å². The average molecular weight is 328 g/mol. The lowest BCUT2D eigenvalue weighted by molar-refractivity contribution is 0.411. The second-order valence-electron chi connectivity index (χ2n) is 5.45. The molecule has 116 valence electrons. The molecule has 6 heteroatoms. The van der Waals surface area contributed by atoms with Crippen LogP contribution in [-0.4, -0.2) is 27.3 Å². The molecule has 1 fully saturated rings. The maximum absolute atomic E-state index is 12.1. The van der Waals surface area contributed by atoms with Gasteiger partial charge in [-0.1, -0.05) is 36.9 Å². The number of allylic oxidation sites excluding steroid dienone is 1. The van der Waals surface area contributed by atoms with Crippen molar-refractivity contribution in [1.29, 1.82) is 0 Å². The molecule has 0 unspecified atom stereocenters. The van der Waals surface area contributed by atoms with E-state index in [4.69, 9.17) is 11.6 Å². The van der Waals surface area contributed by atoms with E-state index in [2.05, 4.69) is 23.3 Å². The maximum atomic E-state index is 12.1. The Balaban J connectivity index is 2.11. The molecule has 1 N–H and O–H groups in total. The zero-order chi connectivity index (χ0) is 15.3. The summed E-state index contributed by atoms with van der Waals surface area (Å²) in [5.41, 5.74) is 0.351. The van der Waals surface area contributed by atoms with Crippen LogP contribution in [0.25, 0.3) is 0 Å². The lowest BCUT2D eigenvalue weighted by Crippen LogP contribution is -2.36. The summed E-state index contributed by atoms with van der Waals surface area (Å²) >= 11 is 8.07. The third-order valence-corrected chi connectivity index (χ3v) is 5.87. The smallest absolute Gasteiger partial charge is 0.287 e. The normalized spacial score (nSPS) is 17.4. The molecule has 2 rings (SSSR count). The fourth-order valence-corrected chi connectivity index (χ4v) is 3.87. The highest BCUT2D eigenvalue weighted by Gasteiger charge is 2.31. The van der Waals surface area contributed by atoms with Gasteiger partial charge in [-0.25, -0.2) is 4.68 Å². The fraction of sp³-hybridized carbons (Fsp3) is 0.600. The van der Waals surface area contributed by atoms with Crippen molar-refractivity contribution in [2.45, 2.75) is 43.4 Å². The van der Waals surface area contributed by atoms with Gasteiger partial charge in [0.05, 0.1) is 18.4 Å². The molecule has 4 nitrogen and oxygen atoms in total. The van der Waals surface area contributed by atoms with Gasteiger partial charge in [0.2, 0.25) is 0 Å². The number of nitrogens with one attached hydrogen (secondary N) is 1. The Morgan fingerprint density at radius 1 is 1.52 bits per heavy atom. The summed E-state index contributed by atoms with van der Waals surface area (Å²) in [5, 5.41) is 7.66. The number of nitrogens with zero attached hydrogens (tertiary/aromatic N) is 2. The van der Waals surface area contributed by atoms with Gasteiger partial charge in [-0.05, 0) is 19.1 Å². The van der Waals surface area contributed by atoms with Crippen LogP contribution >= 0.6 is 23.4 Å². The molecule has 21 heavy (non-hydrogen) atoms. The topological polar surface area (TPSA) is 46.9 Å². The van der Waals surface area contributed by atoms with Gasteiger partial charge < -0.3 is 5.32 Å². The number of anilines is 1. The van der Waals surface area contributed by atoms with Crippen LogP contribution in [0.3, 0.4) is 0 Å². The summed E-state index contributed by atoms with van der Waals surface area (Å²) < 4.78 is 1.56. The third kappa shape index (κ3) is 3.83. The van der Waals surface area contributed by atoms with Crippen LogP contribution < -0.4 is 10.9 Å². The average Bonchev–Trinajstić information content (AvgIpc) is 2.52. The van der Waals surface area contributed by atoms with Gasteiger partial charge in [-0.15, -0.1) is 6.58 Å². The van der Waals surface area contributed by atoms with E-state index >= 15 is 0 Å². The first kappa shape index (κ1) is 16.4. The minimum absolute atomic E-state index is 0.207. The zero-order valence-electron chi connectivity index (χ0n) is 12.4. The number of thioether (sulfide) groups is 1. The molecule has 0 amide bonds. The predicted molar refractivity (Wildman–Crippen MR) is 91.5 cm³/mol. The Bertz CT molecular complexity index is 552. The highest BCUT2D eigenvalue weighted by molar-refractivity contribution is 8.00. The number of hydrogen-bond donors (Lipinski definition) is 1. The fourth-order valence-electron chi connectivity index (χ4n) is 2.75. The van der Waals surface area contributed by atoms with E-state index in [0.717, 1.165) is 6.54 Å². The van der Waals surface area contributed by atoms with Gasteiger partial charge in [0.15, 0.2) is 0 Å². The number of rotatable bonds is 6. The first-order chi connectivity index (χ1) is 10.1. The summed E-state index contributed by atoms with van der Waals surface area (Å²) in [5.74, 6) is 0. The van der Waals surface area contributed by atoms with Crippen molar-refractivity contribution >= 4 is 29.1 Å². The first-order valence-electron chi connectivity index (χ1n) is 7.27. The van der Waals surface area contributed by atoms with E-state index in [9.17, 15) is 4.79 Å². The molecule has 0 aromatic carbocycles. The number of hydrogen-bond acceptors (Lipinski definition) is 4. The summed E-state index contributed by atoms with van der Waals surface area (Å²) in [7, 11) is 0. The molecule has 0 saturated heterocycles. The summed E-state index contributed by atoms with van der Waals surface area (Å²) in [6.07, 6.45) is 11.7. The zero-order valence-corrected chi connectivity index (χ0v) is 14.0. The molecule has 0 aliphatic heterocycles. The SMILES string of the molecule is C=CCn1ncc(NCC2(SC)CCCCC2)c(Cl)c1=O. The molecule has 1 aliphatic carbocycles. The highest BCUT2D eigenvalue weighted by atomic mass is 35.5. The Morgan fingerprint density at radius 2 is 2.24 bits per heavy atom. The van der Waals surface area contributed by atoms with Crippen molar-refractivity contribution in [3.05, 3.63) is 34.2 Å². The van der Waals surface area contributed by atoms with Gasteiger partial charge >= 0.3 is 0 Å². The minimum atomic E-state index is -0.275. The van der Waals surface area contributed by atoms with Gasteiger partial charge in [0.25, 0.3) is 5.56 Å². The third-order valence-electron chi connectivity index (χ3n) is 4.09. The second-order valence-corrected chi connectivity index (χ2v) is 7.10. The molecule has 1 aromatic rings. The van der Waals surface area contributed by atoms with Gasteiger partial charge in [0.1, 0.15) is 5.02 Å². The van der Waals surface area contributed by atoms with Crippen LogP contribution in [0.1, 0.15) is 32.1 Å². The summed E-state index contributed by atoms with van der Waals surface area (Å²) in [6, 6.07) is 0. The van der Waals surface area contributed by atoms with E-state index in [1.165, 1.54) is 36.8 Å². The minimum Gasteiger partial charge on any atom is -0.381 e. The van der Waals surface area contributed by atoms with Crippen molar-refractivity contribution in [1.82, 2.24) is 9.78 Å². The molecular weight excluding hydrogens is 306 g/mol. The van der Waals surface area contributed by atoms with Gasteiger partial charge in [0, 0.05) is 11.3 Å². The second kappa shape index (κ2) is 7.36. The Morgan fingerprint density at radius 3 is 2.86 bits per heavy atom. The van der Waals surface area contributed by atoms with Crippen molar-refractivity contribution in [2.75, 3.05) is 18.1 Å². The summed E-state index contributed by atoms with van der Waals surface area (Å²) in [6.45, 7) is 4.79. The lowest BCUT2D eigenvalue weighted by atomic mass is 9.88. The van der Waals surface area contributed by atoms with Crippen molar-refractivity contribution in [3.63, 3.8) is 0 Å². The molecule has 0 bridgehead atoms. The van der Waals surface area contributed by atoms with E-state index in [0.29, 0.717) is 12.2 Å². The van der Waals surface area contributed by atoms with Crippen LogP contribution in [0, 0.1) is 0 Å². The molecule has 1 aromatic heterocycles. The van der Waals surface area contributed by atoms with Crippen LogP contribution in [0.5, 0.6) is 0 Å².